The standard InChI is InChI=1S/C23H25NO4/c1-15-6-5-9-20(12-15)22(26)24-16(2)23(27)28-14-21(25)19-11-10-17-7-3-4-8-18(17)13-19/h5-6,9-13,16H,3-4,7-8,14H2,1-2H3,(H,24,26). The Morgan fingerprint density at radius 1 is 1.00 bits per heavy atom. The normalized spacial score (nSPS) is 13.9. The van der Waals surface area contributed by atoms with Crippen molar-refractivity contribution in [3.05, 3.63) is 70.3 Å². The van der Waals surface area contributed by atoms with Crippen LogP contribution in [0.4, 0.5) is 0 Å². The second-order valence-electron chi connectivity index (χ2n) is 7.29. The average molecular weight is 379 g/mol. The third-order valence-corrected chi connectivity index (χ3v) is 5.00. The van der Waals surface area contributed by atoms with E-state index in [1.54, 1.807) is 31.2 Å². The lowest BCUT2D eigenvalue weighted by atomic mass is 9.90. The maximum absolute atomic E-state index is 12.4. The van der Waals surface area contributed by atoms with Crippen LogP contribution in [-0.2, 0) is 22.4 Å². The summed E-state index contributed by atoms with van der Waals surface area (Å²) in [5, 5.41) is 2.60. The van der Waals surface area contributed by atoms with E-state index in [4.69, 9.17) is 4.74 Å². The quantitative estimate of drug-likeness (QED) is 0.617. The Hall–Kier alpha value is -2.95. The summed E-state index contributed by atoms with van der Waals surface area (Å²) >= 11 is 0. The number of Topliss-reactive ketones (excluding diaryl/α,β-unsaturated/α-hetero) is 1. The van der Waals surface area contributed by atoms with E-state index in [1.165, 1.54) is 17.5 Å². The van der Waals surface area contributed by atoms with Crippen LogP contribution >= 0.6 is 0 Å². The van der Waals surface area contributed by atoms with Crippen molar-refractivity contribution < 1.29 is 19.1 Å². The predicted octanol–water partition coefficient (Wildman–Crippen LogP) is 3.42. The first-order valence-corrected chi connectivity index (χ1v) is 9.63. The number of carbonyl (C=O) groups excluding carboxylic acids is 3. The lowest BCUT2D eigenvalue weighted by Crippen LogP contribution is -2.40. The number of nitrogens with one attached hydrogen (secondary N) is 1. The minimum absolute atomic E-state index is 0.237. The van der Waals surface area contributed by atoms with Crippen LogP contribution in [0.15, 0.2) is 42.5 Å². The van der Waals surface area contributed by atoms with Crippen molar-refractivity contribution in [2.45, 2.75) is 45.6 Å². The highest BCUT2D eigenvalue weighted by atomic mass is 16.5. The first kappa shape index (κ1) is 19.8. The molecule has 1 N–H and O–H groups in total. The van der Waals surface area contributed by atoms with Crippen LogP contribution in [-0.4, -0.2) is 30.3 Å². The maximum atomic E-state index is 12.4. The number of ketones is 1. The molecule has 1 atom stereocenters. The molecule has 1 amide bonds. The van der Waals surface area contributed by atoms with Gasteiger partial charge in [-0.2, -0.15) is 0 Å². The Kier molecular flexibility index (Phi) is 6.24. The number of carbonyl (C=O) groups is 3. The number of rotatable bonds is 6. The van der Waals surface area contributed by atoms with Crippen LogP contribution in [0.1, 0.15) is 57.2 Å². The number of amides is 1. The lowest BCUT2D eigenvalue weighted by Gasteiger charge is -2.16. The van der Waals surface area contributed by atoms with Crippen molar-refractivity contribution in [3.63, 3.8) is 0 Å². The molecule has 0 aliphatic heterocycles. The van der Waals surface area contributed by atoms with Gasteiger partial charge in [0.2, 0.25) is 0 Å². The van der Waals surface area contributed by atoms with Crippen molar-refractivity contribution in [3.8, 4) is 0 Å². The van der Waals surface area contributed by atoms with E-state index in [9.17, 15) is 14.4 Å². The number of hydrogen-bond acceptors (Lipinski definition) is 4. The topological polar surface area (TPSA) is 72.5 Å². The minimum Gasteiger partial charge on any atom is -0.456 e. The Labute approximate surface area is 165 Å². The Morgan fingerprint density at radius 2 is 1.75 bits per heavy atom. The van der Waals surface area contributed by atoms with Crippen molar-refractivity contribution >= 4 is 17.7 Å². The van der Waals surface area contributed by atoms with Gasteiger partial charge < -0.3 is 10.1 Å². The molecule has 5 heteroatoms. The number of aryl methyl sites for hydroxylation is 3. The monoisotopic (exact) mass is 379 g/mol. The number of esters is 1. The molecule has 28 heavy (non-hydrogen) atoms. The lowest BCUT2D eigenvalue weighted by molar-refractivity contribution is -0.144. The van der Waals surface area contributed by atoms with Gasteiger partial charge in [-0.25, -0.2) is 4.79 Å². The van der Waals surface area contributed by atoms with Gasteiger partial charge in [-0.1, -0.05) is 29.8 Å². The molecule has 146 valence electrons. The number of benzene rings is 2. The molecule has 0 radical (unpaired) electrons. The summed E-state index contributed by atoms with van der Waals surface area (Å²) in [5.74, 6) is -1.22. The van der Waals surface area contributed by atoms with E-state index < -0.39 is 12.0 Å². The van der Waals surface area contributed by atoms with Gasteiger partial charge in [-0.05, 0) is 68.9 Å². The molecule has 2 aromatic rings. The van der Waals surface area contributed by atoms with Gasteiger partial charge in [0.15, 0.2) is 12.4 Å². The van der Waals surface area contributed by atoms with E-state index in [0.717, 1.165) is 24.8 Å². The SMILES string of the molecule is Cc1cccc(C(=O)NC(C)C(=O)OCC(=O)c2ccc3c(c2)CCCC3)c1. The van der Waals surface area contributed by atoms with Gasteiger partial charge in [-0.15, -0.1) is 0 Å². The molecule has 0 fully saturated rings. The van der Waals surface area contributed by atoms with Crippen molar-refractivity contribution in [1.82, 2.24) is 5.32 Å². The fourth-order valence-corrected chi connectivity index (χ4v) is 3.38. The minimum atomic E-state index is -0.843. The molecule has 0 heterocycles. The second-order valence-corrected chi connectivity index (χ2v) is 7.29. The first-order valence-electron chi connectivity index (χ1n) is 9.63. The molecule has 1 aliphatic carbocycles. The maximum Gasteiger partial charge on any atom is 0.328 e. The van der Waals surface area contributed by atoms with Crippen LogP contribution in [0.2, 0.25) is 0 Å². The van der Waals surface area contributed by atoms with Gasteiger partial charge in [0, 0.05) is 11.1 Å². The van der Waals surface area contributed by atoms with E-state index in [1.807, 2.05) is 25.1 Å². The molecule has 2 aromatic carbocycles. The summed E-state index contributed by atoms with van der Waals surface area (Å²) in [4.78, 5) is 36.8. The smallest absolute Gasteiger partial charge is 0.328 e. The van der Waals surface area contributed by atoms with Crippen LogP contribution in [0.5, 0.6) is 0 Å². The Morgan fingerprint density at radius 3 is 2.50 bits per heavy atom. The summed E-state index contributed by atoms with van der Waals surface area (Å²) in [6.45, 7) is 3.10. The van der Waals surface area contributed by atoms with Crippen LogP contribution in [0, 0.1) is 6.92 Å². The van der Waals surface area contributed by atoms with E-state index >= 15 is 0 Å². The van der Waals surface area contributed by atoms with E-state index in [-0.39, 0.29) is 18.3 Å². The zero-order valence-electron chi connectivity index (χ0n) is 16.3. The molecule has 0 spiro atoms. The molecular formula is C23H25NO4. The fraction of sp³-hybridized carbons (Fsp3) is 0.348. The van der Waals surface area contributed by atoms with Crippen molar-refractivity contribution in [1.29, 1.82) is 0 Å². The molecule has 5 nitrogen and oxygen atoms in total. The van der Waals surface area contributed by atoms with Gasteiger partial charge in [0.1, 0.15) is 6.04 Å². The van der Waals surface area contributed by atoms with Gasteiger partial charge in [0.05, 0.1) is 0 Å². The Balaban J connectivity index is 1.53. The zero-order chi connectivity index (χ0) is 20.1. The highest BCUT2D eigenvalue weighted by Gasteiger charge is 2.20. The Bertz CT molecular complexity index is 903. The van der Waals surface area contributed by atoms with E-state index in [0.29, 0.717) is 11.1 Å². The molecule has 0 bridgehead atoms. The third kappa shape index (κ3) is 4.85. The molecule has 1 aliphatic rings. The third-order valence-electron chi connectivity index (χ3n) is 5.00. The average Bonchev–Trinajstić information content (AvgIpc) is 2.71. The number of ether oxygens (including phenoxy) is 1. The zero-order valence-corrected chi connectivity index (χ0v) is 16.3. The fourth-order valence-electron chi connectivity index (χ4n) is 3.38. The number of hydrogen-bond donors (Lipinski definition) is 1. The van der Waals surface area contributed by atoms with Crippen LogP contribution in [0.25, 0.3) is 0 Å². The molecule has 1 unspecified atom stereocenters. The van der Waals surface area contributed by atoms with Gasteiger partial charge >= 0.3 is 5.97 Å². The summed E-state index contributed by atoms with van der Waals surface area (Å²) in [6, 6.07) is 12.0. The highest BCUT2D eigenvalue weighted by Crippen LogP contribution is 2.22. The van der Waals surface area contributed by atoms with Crippen LogP contribution < -0.4 is 5.32 Å². The largest absolute Gasteiger partial charge is 0.456 e. The summed E-state index contributed by atoms with van der Waals surface area (Å²) < 4.78 is 5.12. The molecule has 0 saturated heterocycles. The number of fused-ring (bicyclic) bond motifs is 1. The molecule has 0 aromatic heterocycles. The van der Waals surface area contributed by atoms with Gasteiger partial charge in [0.25, 0.3) is 5.91 Å². The summed E-state index contributed by atoms with van der Waals surface area (Å²) in [5.41, 5.74) is 4.50. The molecule has 3 rings (SSSR count). The van der Waals surface area contributed by atoms with E-state index in [2.05, 4.69) is 5.32 Å². The first-order chi connectivity index (χ1) is 13.4. The predicted molar refractivity (Wildman–Crippen MR) is 106 cm³/mol. The van der Waals surface area contributed by atoms with Crippen molar-refractivity contribution in [2.75, 3.05) is 6.61 Å². The highest BCUT2D eigenvalue weighted by molar-refractivity contribution is 5.99. The van der Waals surface area contributed by atoms with Gasteiger partial charge in [-0.3, -0.25) is 9.59 Å². The molecular weight excluding hydrogens is 354 g/mol. The summed E-state index contributed by atoms with van der Waals surface area (Å²) in [6.07, 6.45) is 4.36. The van der Waals surface area contributed by atoms with Crippen molar-refractivity contribution in [2.24, 2.45) is 0 Å². The molecule has 0 saturated carbocycles. The van der Waals surface area contributed by atoms with Crippen LogP contribution in [0.3, 0.4) is 0 Å². The summed E-state index contributed by atoms with van der Waals surface area (Å²) in [7, 11) is 0. The second kappa shape index (κ2) is 8.83.